The van der Waals surface area contributed by atoms with Crippen LogP contribution in [0.25, 0.3) is 0 Å². The molecule has 26 heavy (non-hydrogen) atoms. The third-order valence-electron chi connectivity index (χ3n) is 4.17. The van der Waals surface area contributed by atoms with Crippen LogP contribution in [0.15, 0.2) is 33.7 Å². The summed E-state index contributed by atoms with van der Waals surface area (Å²) in [6.07, 6.45) is 0.704. The molecule has 0 saturated heterocycles. The number of rotatable bonds is 6. The second kappa shape index (κ2) is 7.46. The molecule has 1 aromatic carbocycles. The Morgan fingerprint density at radius 1 is 1.31 bits per heavy atom. The molecule has 0 fully saturated rings. The molecule has 1 aliphatic rings. The van der Waals surface area contributed by atoms with E-state index in [0.29, 0.717) is 18.7 Å². The lowest BCUT2D eigenvalue weighted by atomic mass is 10.0. The number of sulfonamides is 1. The van der Waals surface area contributed by atoms with Crippen LogP contribution in [0.3, 0.4) is 0 Å². The van der Waals surface area contributed by atoms with Gasteiger partial charge >= 0.3 is 0 Å². The van der Waals surface area contributed by atoms with Gasteiger partial charge in [-0.15, -0.1) is 0 Å². The molecule has 0 unspecified atom stereocenters. The summed E-state index contributed by atoms with van der Waals surface area (Å²) < 4.78 is 37.5. The van der Waals surface area contributed by atoms with Crippen molar-refractivity contribution in [2.75, 3.05) is 13.2 Å². The highest BCUT2D eigenvalue weighted by atomic mass is 32.2. The van der Waals surface area contributed by atoms with Crippen LogP contribution in [0.4, 0.5) is 0 Å². The predicted molar refractivity (Wildman–Crippen MR) is 93.2 cm³/mol. The lowest BCUT2D eigenvalue weighted by Gasteiger charge is -2.26. The van der Waals surface area contributed by atoms with E-state index in [0.717, 1.165) is 11.3 Å². The van der Waals surface area contributed by atoms with E-state index in [2.05, 4.69) is 15.2 Å². The number of aryl methyl sites for hydroxylation is 2. The zero-order chi connectivity index (χ0) is 18.7. The average molecular weight is 379 g/mol. The fourth-order valence-electron chi connectivity index (χ4n) is 2.99. The minimum Gasteiger partial charge on any atom is -0.493 e. The molecule has 0 bridgehead atoms. The molecule has 1 aromatic heterocycles. The second-order valence-electron chi connectivity index (χ2n) is 6.10. The van der Waals surface area contributed by atoms with Gasteiger partial charge in [-0.3, -0.25) is 4.79 Å². The Hall–Kier alpha value is -2.39. The maximum Gasteiger partial charge on any atom is 0.245 e. The summed E-state index contributed by atoms with van der Waals surface area (Å²) in [5.41, 5.74) is 1.22. The first-order valence-electron chi connectivity index (χ1n) is 8.32. The summed E-state index contributed by atoms with van der Waals surface area (Å²) in [4.78, 5) is 12.2. The number of hydrogen-bond acceptors (Lipinski definition) is 6. The number of carbonyl (C=O) groups excluding carboxylic acids is 1. The van der Waals surface area contributed by atoms with Gasteiger partial charge in [0.2, 0.25) is 15.9 Å². The van der Waals surface area contributed by atoms with Crippen molar-refractivity contribution < 1.29 is 22.5 Å². The van der Waals surface area contributed by atoms with Gasteiger partial charge in [0.25, 0.3) is 0 Å². The maximum absolute atomic E-state index is 12.3. The largest absolute Gasteiger partial charge is 0.493 e. The molecule has 0 radical (unpaired) electrons. The summed E-state index contributed by atoms with van der Waals surface area (Å²) in [5, 5.41) is 6.57. The maximum atomic E-state index is 12.3. The van der Waals surface area contributed by atoms with E-state index in [1.807, 2.05) is 24.3 Å². The number of benzene rings is 1. The first-order chi connectivity index (χ1) is 12.4. The van der Waals surface area contributed by atoms with Gasteiger partial charge in [0.15, 0.2) is 5.76 Å². The monoisotopic (exact) mass is 379 g/mol. The van der Waals surface area contributed by atoms with Crippen molar-refractivity contribution in [1.29, 1.82) is 0 Å². The molecular formula is C17H21N3O5S. The van der Waals surface area contributed by atoms with E-state index >= 15 is 0 Å². The van der Waals surface area contributed by atoms with Crippen LogP contribution < -0.4 is 14.8 Å². The summed E-state index contributed by atoms with van der Waals surface area (Å²) in [6.45, 7) is 3.61. The fraction of sp³-hybridized carbons (Fsp3) is 0.412. The summed E-state index contributed by atoms with van der Waals surface area (Å²) in [6, 6.07) is 7.42. The van der Waals surface area contributed by atoms with Crippen LogP contribution in [0, 0.1) is 13.8 Å². The molecule has 2 heterocycles. The van der Waals surface area contributed by atoms with Crippen LogP contribution in [0.2, 0.25) is 0 Å². The quantitative estimate of drug-likeness (QED) is 0.789. The minimum atomic E-state index is -3.76. The number of hydrogen-bond donors (Lipinski definition) is 2. The van der Waals surface area contributed by atoms with Crippen LogP contribution in [0.1, 0.15) is 35.9 Å². The zero-order valence-electron chi connectivity index (χ0n) is 14.6. The van der Waals surface area contributed by atoms with E-state index < -0.39 is 10.0 Å². The normalized spacial score (nSPS) is 16.6. The number of para-hydroxylation sites is 1. The smallest absolute Gasteiger partial charge is 0.245 e. The van der Waals surface area contributed by atoms with E-state index in [1.54, 1.807) is 6.92 Å². The predicted octanol–water partition coefficient (Wildman–Crippen LogP) is 1.60. The zero-order valence-corrected chi connectivity index (χ0v) is 15.4. The van der Waals surface area contributed by atoms with Gasteiger partial charge in [-0.05, 0) is 19.9 Å². The molecule has 9 heteroatoms. The van der Waals surface area contributed by atoms with Crippen LogP contribution in [-0.4, -0.2) is 32.6 Å². The Labute approximate surface area is 152 Å². The third kappa shape index (κ3) is 3.88. The summed E-state index contributed by atoms with van der Waals surface area (Å²) >= 11 is 0. The van der Waals surface area contributed by atoms with Gasteiger partial charge in [-0.2, -0.15) is 0 Å². The van der Waals surface area contributed by atoms with Crippen molar-refractivity contribution in [2.24, 2.45) is 0 Å². The van der Waals surface area contributed by atoms with Crippen LogP contribution in [-0.2, 0) is 14.8 Å². The Bertz CT molecular complexity index is 887. The highest BCUT2D eigenvalue weighted by molar-refractivity contribution is 7.89. The van der Waals surface area contributed by atoms with Gasteiger partial charge in [-0.25, -0.2) is 13.1 Å². The lowest BCUT2D eigenvalue weighted by Crippen LogP contribution is -2.35. The van der Waals surface area contributed by atoms with Crippen LogP contribution in [0.5, 0.6) is 5.75 Å². The lowest BCUT2D eigenvalue weighted by molar-refractivity contribution is -0.121. The van der Waals surface area contributed by atoms with E-state index in [9.17, 15) is 13.2 Å². The first kappa shape index (κ1) is 18.4. The van der Waals surface area contributed by atoms with Gasteiger partial charge in [0.05, 0.1) is 12.6 Å². The molecule has 3 rings (SSSR count). The van der Waals surface area contributed by atoms with Gasteiger partial charge in [0.1, 0.15) is 16.3 Å². The van der Waals surface area contributed by atoms with Gasteiger partial charge < -0.3 is 14.6 Å². The number of ether oxygens (including phenoxy) is 1. The molecule has 140 valence electrons. The molecule has 8 nitrogen and oxygen atoms in total. The Morgan fingerprint density at radius 3 is 2.81 bits per heavy atom. The van der Waals surface area contributed by atoms with Crippen molar-refractivity contribution in [2.45, 2.75) is 37.6 Å². The number of nitrogens with one attached hydrogen (secondary N) is 2. The van der Waals surface area contributed by atoms with Crippen LogP contribution >= 0.6 is 0 Å². The first-order valence-corrected chi connectivity index (χ1v) is 9.80. The van der Waals surface area contributed by atoms with Crippen molar-refractivity contribution in [1.82, 2.24) is 15.2 Å². The highest BCUT2D eigenvalue weighted by Crippen LogP contribution is 2.31. The van der Waals surface area contributed by atoms with Crippen molar-refractivity contribution >= 4 is 15.9 Å². The average Bonchev–Trinajstić information content (AvgIpc) is 2.94. The number of fused-ring (bicyclic) bond motifs is 1. The van der Waals surface area contributed by atoms with Gasteiger partial charge in [0, 0.05) is 24.9 Å². The number of carbonyl (C=O) groups is 1. The van der Waals surface area contributed by atoms with E-state index in [1.165, 1.54) is 6.92 Å². The van der Waals surface area contributed by atoms with Crippen molar-refractivity contribution in [3.63, 3.8) is 0 Å². The molecule has 1 atom stereocenters. The minimum absolute atomic E-state index is 0.0108. The Balaban J connectivity index is 1.56. The molecule has 2 N–H and O–H groups in total. The summed E-state index contributed by atoms with van der Waals surface area (Å²) in [5.74, 6) is 0.759. The Morgan fingerprint density at radius 2 is 2.08 bits per heavy atom. The second-order valence-corrected chi connectivity index (χ2v) is 7.80. The number of aromatic nitrogens is 1. The molecule has 2 aromatic rings. The van der Waals surface area contributed by atoms with Gasteiger partial charge in [-0.1, -0.05) is 23.4 Å². The molecule has 0 spiro atoms. The SMILES string of the molecule is Cc1noc(C)c1S(=O)(=O)NCCC(=O)N[C@H]1CCOc2ccccc21. The van der Waals surface area contributed by atoms with Crippen molar-refractivity contribution in [3.05, 3.63) is 41.3 Å². The highest BCUT2D eigenvalue weighted by Gasteiger charge is 2.25. The number of nitrogens with zero attached hydrogens (tertiary/aromatic N) is 1. The number of amides is 1. The van der Waals surface area contributed by atoms with Crippen molar-refractivity contribution in [3.8, 4) is 5.75 Å². The molecule has 0 saturated carbocycles. The molecule has 1 aliphatic heterocycles. The van der Waals surface area contributed by atoms with E-state index in [-0.39, 0.29) is 35.6 Å². The molecule has 0 aliphatic carbocycles. The summed E-state index contributed by atoms with van der Waals surface area (Å²) in [7, 11) is -3.76. The van der Waals surface area contributed by atoms with E-state index in [4.69, 9.17) is 9.26 Å². The standard InChI is InChI=1S/C17H21N3O5S/c1-11-17(12(2)25-20-11)26(22,23)18-9-7-16(21)19-14-8-10-24-15-6-4-3-5-13(14)15/h3-6,14,18H,7-10H2,1-2H3,(H,19,21)/t14-/m0/s1. The molecule has 1 amide bonds. The third-order valence-corrected chi connectivity index (χ3v) is 5.88. The molecular weight excluding hydrogens is 358 g/mol. The fourth-order valence-corrected chi connectivity index (χ4v) is 4.34. The Kier molecular flexibility index (Phi) is 5.28. The topological polar surface area (TPSA) is 111 Å².